The quantitative estimate of drug-likeness (QED) is 0.122. The van der Waals surface area contributed by atoms with E-state index in [2.05, 4.69) is 70.8 Å². The average Bonchev–Trinajstić information content (AvgIpc) is 3.80. The van der Waals surface area contributed by atoms with Gasteiger partial charge in [0.25, 0.3) is 5.91 Å². The summed E-state index contributed by atoms with van der Waals surface area (Å²) in [5.41, 5.74) is 2.69. The maximum absolute atomic E-state index is 13.9. The second-order valence-corrected chi connectivity index (χ2v) is 16.5. The minimum atomic E-state index is -2.76. The van der Waals surface area contributed by atoms with Gasteiger partial charge in [-0.1, -0.05) is 12.1 Å². The fraction of sp³-hybridized carbons (Fsp3) is 0.370. The third-order valence-corrected chi connectivity index (χ3v) is 12.1. The fourth-order valence-electron chi connectivity index (χ4n) is 8.64. The summed E-state index contributed by atoms with van der Waals surface area (Å²) < 4.78 is 43.9. The standard InChI is InChI=1S/C46H54FN17O3/c1-48-46(66)43-37(54-36-11-5-10-35(44(36)67-3)45-52-30-59(2)58-45)24-40(56-57-43)55-38-13-12-34(26-49-38)61-19-21-63(22-20-61)42(65)28-60-15-17-62(18-16-60)41-25-39(50-29-51-41)53-32-8-6-14-64(27-32)33-9-4-7-31(47)23-33/h4-5,7,9-13,23-26,29-30,32H,6,8,14-22,27-28H2,1-3H3,(H,48,66)(H,50,51,53)(H2,49,54,55,56)/t32-/m1/s1/i1D3. The van der Waals surface area contributed by atoms with Gasteiger partial charge in [0.2, 0.25) is 5.91 Å². The zero-order valence-electron chi connectivity index (χ0n) is 40.3. The number of anilines is 8. The number of halogens is 1. The number of carbonyl (C=O) groups is 2. The summed E-state index contributed by atoms with van der Waals surface area (Å²) in [6.45, 7) is 4.61. The van der Waals surface area contributed by atoms with Crippen LogP contribution in [0.4, 0.5) is 50.4 Å². The Hall–Kier alpha value is -7.68. The van der Waals surface area contributed by atoms with Gasteiger partial charge in [0.1, 0.15) is 35.9 Å². The summed E-state index contributed by atoms with van der Waals surface area (Å²) in [6, 6.07) is 19.4. The Morgan fingerprint density at radius 1 is 0.806 bits per heavy atom. The summed E-state index contributed by atoms with van der Waals surface area (Å²) in [5, 5.41) is 24.5. The second-order valence-electron chi connectivity index (χ2n) is 16.5. The molecular weight excluding hydrogens is 858 g/mol. The van der Waals surface area contributed by atoms with Crippen LogP contribution in [0.15, 0.2) is 85.6 Å². The minimum Gasteiger partial charge on any atom is -0.494 e. The topological polar surface area (TPSA) is 203 Å². The van der Waals surface area contributed by atoms with Crippen LogP contribution in [0.25, 0.3) is 11.4 Å². The summed E-state index contributed by atoms with van der Waals surface area (Å²) in [4.78, 5) is 55.4. The van der Waals surface area contributed by atoms with E-state index in [1.165, 1.54) is 19.2 Å². The zero-order valence-corrected chi connectivity index (χ0v) is 37.3. The van der Waals surface area contributed by atoms with Gasteiger partial charge in [-0.05, 0) is 55.3 Å². The number of para-hydroxylation sites is 1. The summed E-state index contributed by atoms with van der Waals surface area (Å²) in [7, 11) is 3.24. The lowest BCUT2D eigenvalue weighted by atomic mass is 10.0. The lowest BCUT2D eigenvalue weighted by Gasteiger charge is -2.39. The Kier molecular flexibility index (Phi) is 12.3. The molecule has 9 rings (SSSR count). The van der Waals surface area contributed by atoms with Crippen molar-refractivity contribution in [1.82, 2.24) is 55.0 Å². The zero-order chi connectivity index (χ0) is 48.8. The first-order valence-electron chi connectivity index (χ1n) is 23.7. The van der Waals surface area contributed by atoms with Crippen LogP contribution in [0.2, 0.25) is 0 Å². The van der Waals surface area contributed by atoms with Gasteiger partial charge in [0.05, 0.1) is 42.5 Å². The molecule has 3 aliphatic heterocycles. The van der Waals surface area contributed by atoms with Crippen LogP contribution in [-0.2, 0) is 11.8 Å². The summed E-state index contributed by atoms with van der Waals surface area (Å²) in [6.07, 6.45) is 6.88. The number of amides is 2. The van der Waals surface area contributed by atoms with Gasteiger partial charge in [-0.3, -0.25) is 19.2 Å². The van der Waals surface area contributed by atoms with E-state index >= 15 is 0 Å². The first-order chi connectivity index (χ1) is 33.8. The molecule has 3 fully saturated rings. The molecular formula is C46H54FN17O3. The maximum Gasteiger partial charge on any atom is 0.273 e. The predicted molar refractivity (Wildman–Crippen MR) is 254 cm³/mol. The van der Waals surface area contributed by atoms with Crippen molar-refractivity contribution in [2.75, 3.05) is 117 Å². The number of methoxy groups -OCH3 is 1. The Balaban J connectivity index is 0.759. The molecule has 2 amide bonds. The number of aromatic nitrogens is 8. The van der Waals surface area contributed by atoms with Crippen LogP contribution in [0.5, 0.6) is 5.75 Å². The lowest BCUT2D eigenvalue weighted by molar-refractivity contribution is -0.132. The number of carbonyl (C=O) groups excluding carboxylic acids is 2. The molecule has 21 heteroatoms. The molecule has 0 unspecified atom stereocenters. The highest BCUT2D eigenvalue weighted by molar-refractivity contribution is 5.99. The summed E-state index contributed by atoms with van der Waals surface area (Å²) in [5.74, 6) is 2.01. The van der Waals surface area contributed by atoms with Crippen molar-refractivity contribution < 1.29 is 22.8 Å². The first kappa shape index (κ1) is 40.8. The Morgan fingerprint density at radius 3 is 2.40 bits per heavy atom. The molecule has 0 aliphatic carbocycles. The van der Waals surface area contributed by atoms with Crippen molar-refractivity contribution in [2.24, 2.45) is 7.05 Å². The number of piperazine rings is 2. The van der Waals surface area contributed by atoms with Crippen LogP contribution in [0, 0.1) is 5.82 Å². The molecule has 0 saturated carbocycles. The van der Waals surface area contributed by atoms with Crippen LogP contribution >= 0.6 is 0 Å². The van der Waals surface area contributed by atoms with E-state index in [0.29, 0.717) is 61.4 Å². The molecule has 4 aromatic heterocycles. The molecule has 348 valence electrons. The number of piperidine rings is 1. The normalized spacial score (nSPS) is 17.5. The van der Waals surface area contributed by atoms with Crippen molar-refractivity contribution in [3.05, 3.63) is 97.1 Å². The number of aryl methyl sites for hydroxylation is 1. The maximum atomic E-state index is 13.9. The van der Waals surface area contributed by atoms with Gasteiger partial charge in [-0.2, -0.15) is 5.10 Å². The number of hydrogen-bond acceptors (Lipinski definition) is 17. The van der Waals surface area contributed by atoms with E-state index in [1.807, 2.05) is 28.4 Å². The number of nitrogens with zero attached hydrogens (tertiary/aromatic N) is 13. The van der Waals surface area contributed by atoms with Gasteiger partial charge in [0.15, 0.2) is 23.1 Å². The van der Waals surface area contributed by atoms with Crippen molar-refractivity contribution in [1.29, 1.82) is 0 Å². The average molecular weight is 915 g/mol. The number of nitrogens with one attached hydrogen (secondary N) is 4. The first-order valence-corrected chi connectivity index (χ1v) is 22.2. The van der Waals surface area contributed by atoms with Crippen LogP contribution in [0.3, 0.4) is 0 Å². The number of pyridine rings is 1. The highest BCUT2D eigenvalue weighted by atomic mass is 19.1. The Bertz CT molecular complexity index is 2790. The smallest absolute Gasteiger partial charge is 0.273 e. The molecule has 0 spiro atoms. The highest BCUT2D eigenvalue weighted by Crippen LogP contribution is 2.37. The van der Waals surface area contributed by atoms with Crippen molar-refractivity contribution in [3.8, 4) is 17.1 Å². The highest BCUT2D eigenvalue weighted by Gasteiger charge is 2.27. The third kappa shape index (κ3) is 10.6. The van der Waals surface area contributed by atoms with E-state index in [4.69, 9.17) is 8.85 Å². The van der Waals surface area contributed by atoms with Gasteiger partial charge < -0.3 is 45.6 Å². The largest absolute Gasteiger partial charge is 0.494 e. The lowest BCUT2D eigenvalue weighted by Crippen LogP contribution is -2.54. The van der Waals surface area contributed by atoms with E-state index in [9.17, 15) is 14.0 Å². The molecule has 4 N–H and O–H groups in total. The molecule has 1 atom stereocenters. The van der Waals surface area contributed by atoms with Crippen LogP contribution in [-0.4, -0.2) is 154 Å². The van der Waals surface area contributed by atoms with Crippen LogP contribution in [0.1, 0.15) is 27.4 Å². The molecule has 3 saturated heterocycles. The summed E-state index contributed by atoms with van der Waals surface area (Å²) >= 11 is 0. The second kappa shape index (κ2) is 20.2. The Labute approximate surface area is 391 Å². The molecule has 3 aliphatic rings. The van der Waals surface area contributed by atoms with Crippen molar-refractivity contribution in [2.45, 2.75) is 18.9 Å². The van der Waals surface area contributed by atoms with E-state index < -0.39 is 12.9 Å². The van der Waals surface area contributed by atoms with Gasteiger partial charge in [-0.25, -0.2) is 24.3 Å². The van der Waals surface area contributed by atoms with Gasteiger partial charge in [0, 0.05) is 107 Å². The molecule has 7 heterocycles. The number of hydrogen-bond donors (Lipinski definition) is 4. The van der Waals surface area contributed by atoms with E-state index in [0.717, 1.165) is 75.1 Å². The van der Waals surface area contributed by atoms with Gasteiger partial charge >= 0.3 is 0 Å². The van der Waals surface area contributed by atoms with Gasteiger partial charge in [-0.15, -0.1) is 10.2 Å². The van der Waals surface area contributed by atoms with Crippen molar-refractivity contribution in [3.63, 3.8) is 0 Å². The predicted octanol–water partition coefficient (Wildman–Crippen LogP) is 4.00. The SMILES string of the molecule is [2H]C([2H])([2H])NC(=O)c1nnc(Nc2ccc(N3CCN(C(=O)CN4CCN(c5cc(N[C@@H]6CCCN(c7cccc(F)c7)C6)ncn5)CC4)CC3)cn2)cc1Nc1cccc(-c2ncn(C)n2)c1OC. The third-order valence-electron chi connectivity index (χ3n) is 12.1. The van der Waals surface area contributed by atoms with E-state index in [1.54, 1.807) is 67.0 Å². The molecule has 0 bridgehead atoms. The van der Waals surface area contributed by atoms with E-state index in [-0.39, 0.29) is 35.0 Å². The fourth-order valence-corrected chi connectivity index (χ4v) is 8.64. The molecule has 6 aromatic rings. The number of rotatable bonds is 14. The molecule has 2 aromatic carbocycles. The number of benzene rings is 2. The Morgan fingerprint density at radius 2 is 1.64 bits per heavy atom. The number of ether oxygens (including phenoxy) is 1. The molecule has 67 heavy (non-hydrogen) atoms. The monoisotopic (exact) mass is 914 g/mol. The molecule has 0 radical (unpaired) electrons. The van der Waals surface area contributed by atoms with Crippen LogP contribution < -0.4 is 40.7 Å². The molecule has 20 nitrogen and oxygen atoms in total. The minimum absolute atomic E-state index is 0.104. The van der Waals surface area contributed by atoms with Crippen molar-refractivity contribution >= 4 is 57.8 Å².